The van der Waals surface area contributed by atoms with Crippen LogP contribution in [0.2, 0.25) is 5.02 Å². The van der Waals surface area contributed by atoms with Crippen molar-refractivity contribution in [3.05, 3.63) is 52.9 Å². The first-order chi connectivity index (χ1) is 18.2. The number of nitrogens with zero attached hydrogens (tertiary/aromatic N) is 7. The fourth-order valence-electron chi connectivity index (χ4n) is 5.19. The summed E-state index contributed by atoms with van der Waals surface area (Å²) in [6, 6.07) is 7.74. The molecule has 4 heterocycles. The van der Waals surface area contributed by atoms with Gasteiger partial charge in [-0.3, -0.25) is 0 Å². The second-order valence-electron chi connectivity index (χ2n) is 9.88. The Balaban J connectivity index is 1.45. The van der Waals surface area contributed by atoms with Crippen molar-refractivity contribution in [3.63, 3.8) is 0 Å². The molecule has 2 saturated heterocycles. The molecule has 1 aromatic carbocycles. The van der Waals surface area contributed by atoms with Crippen molar-refractivity contribution < 1.29 is 13.2 Å². The monoisotopic (exact) mass is 545 g/mol. The zero-order valence-electron chi connectivity index (χ0n) is 21.5. The first kappa shape index (κ1) is 26.5. The Labute approximate surface area is 225 Å². The van der Waals surface area contributed by atoms with E-state index in [-0.39, 0.29) is 10.6 Å². The third-order valence-corrected chi connectivity index (χ3v) is 7.56. The maximum absolute atomic E-state index is 14.2. The summed E-state index contributed by atoms with van der Waals surface area (Å²) in [6.07, 6.45) is 5.82. The molecule has 5 rings (SSSR count). The molecule has 0 aliphatic carbocycles. The van der Waals surface area contributed by atoms with Gasteiger partial charge in [-0.05, 0) is 56.0 Å². The number of piperazine rings is 1. The largest absolute Gasteiger partial charge is 0.353 e. The summed E-state index contributed by atoms with van der Waals surface area (Å²) in [6.45, 7) is 5.93. The first-order valence-corrected chi connectivity index (χ1v) is 13.4. The van der Waals surface area contributed by atoms with Gasteiger partial charge in [-0.15, -0.1) is 0 Å². The zero-order valence-corrected chi connectivity index (χ0v) is 22.3. The SMILES string of the molecule is CCC1CCCCN1c1nc(-c2ccc(F)c(Cl)c2)nc(N2CCN(c3ncccc3C(C)(F)F)CC2)n1. The van der Waals surface area contributed by atoms with E-state index >= 15 is 0 Å². The molecular formula is C27H31ClF3N7. The van der Waals surface area contributed by atoms with Crippen LogP contribution in [0.1, 0.15) is 45.1 Å². The third-order valence-electron chi connectivity index (χ3n) is 7.27. The molecule has 0 saturated carbocycles. The summed E-state index contributed by atoms with van der Waals surface area (Å²) in [5, 5.41) is 0.00271. The Morgan fingerprint density at radius 1 is 0.974 bits per heavy atom. The van der Waals surface area contributed by atoms with E-state index in [9.17, 15) is 13.2 Å². The molecule has 202 valence electrons. The molecule has 38 heavy (non-hydrogen) atoms. The number of aromatic nitrogens is 4. The fourth-order valence-corrected chi connectivity index (χ4v) is 5.37. The van der Waals surface area contributed by atoms with Crippen LogP contribution >= 0.6 is 11.6 Å². The summed E-state index contributed by atoms with van der Waals surface area (Å²) in [4.78, 5) is 24.8. The van der Waals surface area contributed by atoms with E-state index in [0.717, 1.165) is 32.7 Å². The number of hydrogen-bond acceptors (Lipinski definition) is 7. The molecule has 1 atom stereocenters. The van der Waals surface area contributed by atoms with Crippen molar-refractivity contribution in [1.29, 1.82) is 0 Å². The lowest BCUT2D eigenvalue weighted by molar-refractivity contribution is 0.0176. The Hall–Kier alpha value is -3.14. The summed E-state index contributed by atoms with van der Waals surface area (Å²) in [5.41, 5.74) is 0.523. The molecule has 2 aliphatic rings. The maximum Gasteiger partial charge on any atom is 0.274 e. The van der Waals surface area contributed by atoms with Gasteiger partial charge in [0.2, 0.25) is 11.9 Å². The van der Waals surface area contributed by atoms with Crippen LogP contribution in [0, 0.1) is 5.82 Å². The molecule has 11 heteroatoms. The van der Waals surface area contributed by atoms with Gasteiger partial charge >= 0.3 is 0 Å². The minimum absolute atomic E-state index is 0.00271. The van der Waals surface area contributed by atoms with Crippen molar-refractivity contribution in [2.75, 3.05) is 47.4 Å². The van der Waals surface area contributed by atoms with Crippen LogP contribution in [0.5, 0.6) is 0 Å². The minimum Gasteiger partial charge on any atom is -0.353 e. The van der Waals surface area contributed by atoms with Gasteiger partial charge in [0.15, 0.2) is 5.82 Å². The molecule has 0 spiro atoms. The van der Waals surface area contributed by atoms with Gasteiger partial charge in [0.05, 0.1) is 10.6 Å². The highest BCUT2D eigenvalue weighted by atomic mass is 35.5. The van der Waals surface area contributed by atoms with E-state index in [1.165, 1.54) is 36.9 Å². The van der Waals surface area contributed by atoms with Gasteiger partial charge in [0, 0.05) is 57.4 Å². The normalized spacial score (nSPS) is 18.7. The van der Waals surface area contributed by atoms with Gasteiger partial charge in [-0.1, -0.05) is 18.5 Å². The van der Waals surface area contributed by atoms with Crippen LogP contribution in [0.15, 0.2) is 36.5 Å². The van der Waals surface area contributed by atoms with Crippen LogP contribution < -0.4 is 14.7 Å². The lowest BCUT2D eigenvalue weighted by atomic mass is 10.0. The Kier molecular flexibility index (Phi) is 7.61. The van der Waals surface area contributed by atoms with E-state index in [1.54, 1.807) is 6.07 Å². The Bertz CT molecular complexity index is 1280. The van der Waals surface area contributed by atoms with Gasteiger partial charge in [0.25, 0.3) is 5.92 Å². The minimum atomic E-state index is -2.99. The first-order valence-electron chi connectivity index (χ1n) is 13.1. The highest BCUT2D eigenvalue weighted by molar-refractivity contribution is 6.31. The summed E-state index contributed by atoms with van der Waals surface area (Å²) >= 11 is 6.07. The van der Waals surface area contributed by atoms with Gasteiger partial charge in [-0.2, -0.15) is 15.0 Å². The van der Waals surface area contributed by atoms with E-state index in [4.69, 9.17) is 26.6 Å². The fraction of sp³-hybridized carbons (Fsp3) is 0.481. The number of benzene rings is 1. The molecular weight excluding hydrogens is 515 g/mol. The van der Waals surface area contributed by atoms with Crippen LogP contribution in [0.3, 0.4) is 0 Å². The second kappa shape index (κ2) is 10.9. The molecule has 7 nitrogen and oxygen atoms in total. The standard InChI is InChI=1S/C27H31ClF3N7/c1-3-19-7-4-5-12-38(19)26-34-23(18-9-10-22(29)21(28)17-18)33-25(35-26)37-15-13-36(14-16-37)24-20(27(2,30)31)8-6-11-32-24/h6,8-11,17,19H,3-5,7,12-16H2,1-2H3. The van der Waals surface area contributed by atoms with Gasteiger partial charge < -0.3 is 14.7 Å². The maximum atomic E-state index is 14.2. The van der Waals surface area contributed by atoms with Gasteiger partial charge in [0.1, 0.15) is 11.6 Å². The predicted octanol–water partition coefficient (Wildman–Crippen LogP) is 5.93. The van der Waals surface area contributed by atoms with Crippen molar-refractivity contribution in [2.24, 2.45) is 0 Å². The quantitative estimate of drug-likeness (QED) is 0.380. The number of anilines is 3. The molecule has 1 unspecified atom stereocenters. The van der Waals surface area contributed by atoms with E-state index < -0.39 is 11.7 Å². The topological polar surface area (TPSA) is 61.3 Å². The Morgan fingerprint density at radius 3 is 2.42 bits per heavy atom. The van der Waals surface area contributed by atoms with Crippen molar-refractivity contribution in [1.82, 2.24) is 19.9 Å². The molecule has 0 bridgehead atoms. The van der Waals surface area contributed by atoms with Crippen molar-refractivity contribution in [3.8, 4) is 11.4 Å². The van der Waals surface area contributed by atoms with Crippen molar-refractivity contribution in [2.45, 2.75) is 51.5 Å². The number of rotatable bonds is 6. The number of halogens is 4. The van der Waals surface area contributed by atoms with Crippen LogP contribution in [0.4, 0.5) is 30.9 Å². The third kappa shape index (κ3) is 5.50. The number of hydrogen-bond donors (Lipinski definition) is 0. The zero-order chi connectivity index (χ0) is 26.9. The molecule has 2 aromatic heterocycles. The Morgan fingerprint density at radius 2 is 1.71 bits per heavy atom. The molecule has 0 N–H and O–H groups in total. The highest BCUT2D eigenvalue weighted by Crippen LogP contribution is 2.34. The lowest BCUT2D eigenvalue weighted by Crippen LogP contribution is -2.48. The summed E-state index contributed by atoms with van der Waals surface area (Å²) in [5.74, 6) is -1.66. The van der Waals surface area contributed by atoms with Crippen LogP contribution in [-0.2, 0) is 5.92 Å². The lowest BCUT2D eigenvalue weighted by Gasteiger charge is -2.38. The smallest absolute Gasteiger partial charge is 0.274 e. The molecule has 2 aliphatic heterocycles. The number of piperidine rings is 1. The average molecular weight is 546 g/mol. The van der Waals surface area contributed by atoms with E-state index in [0.29, 0.717) is 61.3 Å². The molecule has 0 radical (unpaired) electrons. The van der Waals surface area contributed by atoms with E-state index in [1.807, 2.05) is 9.80 Å². The number of pyridine rings is 1. The summed E-state index contributed by atoms with van der Waals surface area (Å²) < 4.78 is 42.3. The number of alkyl halides is 2. The van der Waals surface area contributed by atoms with Gasteiger partial charge in [-0.25, -0.2) is 18.2 Å². The second-order valence-corrected chi connectivity index (χ2v) is 10.3. The van der Waals surface area contributed by atoms with Crippen LogP contribution in [0.25, 0.3) is 11.4 Å². The molecule has 3 aromatic rings. The van der Waals surface area contributed by atoms with Crippen molar-refractivity contribution >= 4 is 29.3 Å². The summed E-state index contributed by atoms with van der Waals surface area (Å²) in [7, 11) is 0. The highest BCUT2D eigenvalue weighted by Gasteiger charge is 2.32. The van der Waals surface area contributed by atoms with Crippen LogP contribution in [-0.4, -0.2) is 58.7 Å². The van der Waals surface area contributed by atoms with E-state index in [2.05, 4.69) is 16.8 Å². The predicted molar refractivity (Wildman–Crippen MR) is 144 cm³/mol. The molecule has 2 fully saturated rings. The average Bonchev–Trinajstić information content (AvgIpc) is 2.94. The molecule has 0 amide bonds.